The van der Waals surface area contributed by atoms with E-state index in [0.29, 0.717) is 6.04 Å². The van der Waals surface area contributed by atoms with Crippen LogP contribution in [0.3, 0.4) is 0 Å². The zero-order valence-electron chi connectivity index (χ0n) is 6.83. The van der Waals surface area contributed by atoms with Gasteiger partial charge in [-0.05, 0) is 31.1 Å². The molecule has 0 spiro atoms. The number of nitrogens with zero attached hydrogens (tertiary/aromatic N) is 1. The highest BCUT2D eigenvalue weighted by atomic mass is 15.0. The molecule has 0 aliphatic carbocycles. The second kappa shape index (κ2) is 2.57. The standard InChI is InChI=1S/C10H13N/c1-2-9-5-3-6-10-7-4-8-11(9)10/h3-4,6-9H,2,5H2,1H3. The van der Waals surface area contributed by atoms with E-state index in [1.54, 1.807) is 0 Å². The topological polar surface area (TPSA) is 4.93 Å². The van der Waals surface area contributed by atoms with Crippen LogP contribution in [0.1, 0.15) is 31.5 Å². The van der Waals surface area contributed by atoms with E-state index in [1.807, 2.05) is 0 Å². The number of hydrogen-bond donors (Lipinski definition) is 0. The summed E-state index contributed by atoms with van der Waals surface area (Å²) in [5.41, 5.74) is 1.35. The summed E-state index contributed by atoms with van der Waals surface area (Å²) in [6.45, 7) is 2.24. The molecule has 1 aliphatic heterocycles. The fourth-order valence-corrected chi connectivity index (χ4v) is 1.70. The molecule has 1 unspecified atom stereocenters. The van der Waals surface area contributed by atoms with Crippen molar-refractivity contribution >= 4 is 6.08 Å². The average Bonchev–Trinajstić information content (AvgIpc) is 2.50. The van der Waals surface area contributed by atoms with E-state index >= 15 is 0 Å². The lowest BCUT2D eigenvalue weighted by Gasteiger charge is -2.20. The van der Waals surface area contributed by atoms with Crippen LogP contribution in [-0.2, 0) is 0 Å². The van der Waals surface area contributed by atoms with Crippen molar-refractivity contribution in [2.75, 3.05) is 0 Å². The van der Waals surface area contributed by atoms with Gasteiger partial charge in [-0.3, -0.25) is 0 Å². The van der Waals surface area contributed by atoms with Gasteiger partial charge in [0.25, 0.3) is 0 Å². The maximum atomic E-state index is 2.36. The predicted octanol–water partition coefficient (Wildman–Crippen LogP) is 2.86. The molecular weight excluding hydrogens is 134 g/mol. The molecule has 2 heterocycles. The Bertz CT molecular complexity index is 270. The van der Waals surface area contributed by atoms with E-state index < -0.39 is 0 Å². The number of allylic oxidation sites excluding steroid dienone is 1. The van der Waals surface area contributed by atoms with Crippen LogP contribution in [0.4, 0.5) is 0 Å². The van der Waals surface area contributed by atoms with Gasteiger partial charge in [0, 0.05) is 17.9 Å². The van der Waals surface area contributed by atoms with Crippen LogP contribution in [0, 0.1) is 0 Å². The Morgan fingerprint density at radius 3 is 3.36 bits per heavy atom. The fourth-order valence-electron chi connectivity index (χ4n) is 1.70. The first-order valence-corrected chi connectivity index (χ1v) is 4.25. The van der Waals surface area contributed by atoms with Crippen molar-refractivity contribution in [1.82, 2.24) is 4.57 Å². The number of aromatic nitrogens is 1. The summed E-state index contributed by atoms with van der Waals surface area (Å²) in [6.07, 6.45) is 9.06. The molecule has 2 rings (SSSR count). The molecule has 1 heteroatoms. The van der Waals surface area contributed by atoms with Crippen LogP contribution < -0.4 is 0 Å². The molecule has 1 atom stereocenters. The van der Waals surface area contributed by atoms with Crippen LogP contribution in [0.15, 0.2) is 24.4 Å². The largest absolute Gasteiger partial charge is 0.345 e. The predicted molar refractivity (Wildman–Crippen MR) is 47.4 cm³/mol. The smallest absolute Gasteiger partial charge is 0.0406 e. The van der Waals surface area contributed by atoms with Crippen molar-refractivity contribution in [2.24, 2.45) is 0 Å². The first-order chi connectivity index (χ1) is 5.42. The Morgan fingerprint density at radius 1 is 1.64 bits per heavy atom. The van der Waals surface area contributed by atoms with Crippen LogP contribution >= 0.6 is 0 Å². The third kappa shape index (κ3) is 1.01. The minimum Gasteiger partial charge on any atom is -0.345 e. The van der Waals surface area contributed by atoms with Gasteiger partial charge in [0.2, 0.25) is 0 Å². The van der Waals surface area contributed by atoms with E-state index in [4.69, 9.17) is 0 Å². The second-order valence-corrected chi connectivity index (χ2v) is 3.04. The minimum atomic E-state index is 0.699. The van der Waals surface area contributed by atoms with Gasteiger partial charge in [-0.15, -0.1) is 0 Å². The van der Waals surface area contributed by atoms with Crippen molar-refractivity contribution in [3.63, 3.8) is 0 Å². The molecule has 0 saturated carbocycles. The van der Waals surface area contributed by atoms with Gasteiger partial charge in [0.05, 0.1) is 0 Å². The summed E-state index contributed by atoms with van der Waals surface area (Å²) >= 11 is 0. The van der Waals surface area contributed by atoms with Crippen molar-refractivity contribution in [1.29, 1.82) is 0 Å². The molecule has 1 aliphatic rings. The molecule has 0 bridgehead atoms. The summed E-state index contributed by atoms with van der Waals surface area (Å²) in [6, 6.07) is 4.98. The van der Waals surface area contributed by atoms with Crippen LogP contribution in [-0.4, -0.2) is 4.57 Å². The van der Waals surface area contributed by atoms with E-state index in [2.05, 4.69) is 42.0 Å². The summed E-state index contributed by atoms with van der Waals surface area (Å²) in [7, 11) is 0. The maximum Gasteiger partial charge on any atom is 0.0406 e. The normalized spacial score (nSPS) is 21.7. The Balaban J connectivity index is 2.41. The summed E-state index contributed by atoms with van der Waals surface area (Å²) in [4.78, 5) is 0. The van der Waals surface area contributed by atoms with Gasteiger partial charge in [-0.25, -0.2) is 0 Å². The van der Waals surface area contributed by atoms with Crippen molar-refractivity contribution < 1.29 is 0 Å². The molecule has 0 amide bonds. The van der Waals surface area contributed by atoms with E-state index in [0.717, 1.165) is 0 Å². The monoisotopic (exact) mass is 147 g/mol. The van der Waals surface area contributed by atoms with E-state index in [9.17, 15) is 0 Å². The van der Waals surface area contributed by atoms with E-state index in [-0.39, 0.29) is 0 Å². The number of hydrogen-bond acceptors (Lipinski definition) is 0. The maximum absolute atomic E-state index is 2.36. The van der Waals surface area contributed by atoms with Gasteiger partial charge < -0.3 is 4.57 Å². The molecule has 0 aromatic carbocycles. The molecule has 0 saturated heterocycles. The van der Waals surface area contributed by atoms with E-state index in [1.165, 1.54) is 18.5 Å². The van der Waals surface area contributed by atoms with Crippen LogP contribution in [0.5, 0.6) is 0 Å². The third-order valence-electron chi connectivity index (χ3n) is 2.37. The quantitative estimate of drug-likeness (QED) is 0.575. The second-order valence-electron chi connectivity index (χ2n) is 3.04. The van der Waals surface area contributed by atoms with Gasteiger partial charge in [0.1, 0.15) is 0 Å². The lowest BCUT2D eigenvalue weighted by atomic mass is 10.1. The molecule has 58 valence electrons. The van der Waals surface area contributed by atoms with Gasteiger partial charge in [-0.1, -0.05) is 13.0 Å². The minimum absolute atomic E-state index is 0.699. The Labute approximate surface area is 67.3 Å². The fraction of sp³-hybridized carbons (Fsp3) is 0.400. The summed E-state index contributed by atoms with van der Waals surface area (Å²) in [5, 5.41) is 0. The van der Waals surface area contributed by atoms with Gasteiger partial charge in [-0.2, -0.15) is 0 Å². The summed E-state index contributed by atoms with van der Waals surface area (Å²) < 4.78 is 2.36. The lowest BCUT2D eigenvalue weighted by molar-refractivity contribution is 0.484. The Morgan fingerprint density at radius 2 is 2.55 bits per heavy atom. The van der Waals surface area contributed by atoms with Crippen molar-refractivity contribution in [3.8, 4) is 0 Å². The average molecular weight is 147 g/mol. The zero-order valence-corrected chi connectivity index (χ0v) is 6.83. The van der Waals surface area contributed by atoms with Gasteiger partial charge >= 0.3 is 0 Å². The van der Waals surface area contributed by atoms with Gasteiger partial charge in [0.15, 0.2) is 0 Å². The van der Waals surface area contributed by atoms with Crippen LogP contribution in [0.2, 0.25) is 0 Å². The molecule has 11 heavy (non-hydrogen) atoms. The van der Waals surface area contributed by atoms with Crippen molar-refractivity contribution in [3.05, 3.63) is 30.1 Å². The number of rotatable bonds is 1. The Hall–Kier alpha value is -0.980. The molecular formula is C10H13N. The highest BCUT2D eigenvalue weighted by Gasteiger charge is 2.11. The number of fused-ring (bicyclic) bond motifs is 1. The molecule has 0 radical (unpaired) electrons. The SMILES string of the molecule is CCC1CC=Cc2cccn21. The molecule has 1 aromatic heterocycles. The lowest BCUT2D eigenvalue weighted by Crippen LogP contribution is -2.10. The first-order valence-electron chi connectivity index (χ1n) is 4.25. The molecule has 1 nitrogen and oxygen atoms in total. The van der Waals surface area contributed by atoms with Crippen LogP contribution in [0.25, 0.3) is 6.08 Å². The summed E-state index contributed by atoms with van der Waals surface area (Å²) in [5.74, 6) is 0. The van der Waals surface area contributed by atoms with Crippen molar-refractivity contribution in [2.45, 2.75) is 25.8 Å². The molecule has 1 aromatic rings. The first kappa shape index (κ1) is 6.71. The highest BCUT2D eigenvalue weighted by Crippen LogP contribution is 2.24. The third-order valence-corrected chi connectivity index (χ3v) is 2.37. The highest BCUT2D eigenvalue weighted by molar-refractivity contribution is 5.47. The molecule has 0 fully saturated rings. The Kier molecular flexibility index (Phi) is 1.57. The molecule has 0 N–H and O–H groups in total. The zero-order chi connectivity index (χ0) is 7.68.